The predicted octanol–water partition coefficient (Wildman–Crippen LogP) is 0.509. The summed E-state index contributed by atoms with van der Waals surface area (Å²) in [6.07, 6.45) is 0.103. The van der Waals surface area contributed by atoms with Crippen molar-refractivity contribution in [3.63, 3.8) is 0 Å². The van der Waals surface area contributed by atoms with E-state index >= 15 is 0 Å². The smallest absolute Gasteiger partial charge is 0.377 e. The van der Waals surface area contributed by atoms with E-state index in [0.717, 1.165) is 4.13 Å². The van der Waals surface area contributed by atoms with E-state index in [1.165, 1.54) is 42.7 Å². The topological polar surface area (TPSA) is 139 Å². The van der Waals surface area contributed by atoms with Gasteiger partial charge >= 0.3 is 33.1 Å². The van der Waals surface area contributed by atoms with Gasteiger partial charge < -0.3 is 26.6 Å². The molecule has 0 aliphatic carbocycles. The molecule has 0 saturated carbocycles. The van der Waals surface area contributed by atoms with E-state index in [1.807, 2.05) is 0 Å². The Morgan fingerprint density at radius 2 is 1.03 bits per heavy atom. The predicted molar refractivity (Wildman–Crippen MR) is 111 cm³/mol. The van der Waals surface area contributed by atoms with E-state index in [2.05, 4.69) is 0 Å². The van der Waals surface area contributed by atoms with Gasteiger partial charge in [-0.15, -0.1) is 0 Å². The maximum absolute atomic E-state index is 12.7. The zero-order valence-corrected chi connectivity index (χ0v) is 22.4. The van der Waals surface area contributed by atoms with Crippen molar-refractivity contribution in [2.75, 3.05) is 55.7 Å². The van der Waals surface area contributed by atoms with Gasteiger partial charge in [-0.2, -0.15) is 25.9 Å². The number of halogens is 3. The molecular weight excluding hydrogens is 521 g/mol. The summed E-state index contributed by atoms with van der Waals surface area (Å²) in [4.78, 5) is 0. The van der Waals surface area contributed by atoms with Gasteiger partial charge in [0.25, 0.3) is 10.2 Å². The number of hydrogen-bond acceptors (Lipinski definition) is 10. The lowest BCUT2D eigenvalue weighted by atomic mass is 10.4. The third-order valence-corrected chi connectivity index (χ3v) is 13.5. The van der Waals surface area contributed by atoms with Crippen LogP contribution in [0.25, 0.3) is 0 Å². The molecule has 32 heavy (non-hydrogen) atoms. The Kier molecular flexibility index (Phi) is 13.0. The Morgan fingerprint density at radius 1 is 0.719 bits per heavy atom. The SMILES string of the molecule is CO[Si](CCCN(CCC[Si](OC)(OC)OC)S(=O)(=O)NS(=O)(=O)C(F)(F)F)(OC)OC. The van der Waals surface area contributed by atoms with Crippen LogP contribution in [-0.2, 0) is 46.8 Å². The zero-order chi connectivity index (χ0) is 25.3. The third kappa shape index (κ3) is 8.87. The molecule has 0 aliphatic rings. The normalized spacial score (nSPS) is 14.3. The highest BCUT2D eigenvalue weighted by molar-refractivity contribution is 8.04. The van der Waals surface area contributed by atoms with Crippen LogP contribution in [-0.4, -0.2) is 100 Å². The zero-order valence-electron chi connectivity index (χ0n) is 18.7. The Hall–Kier alpha value is -0.196. The number of hydrogen-bond donors (Lipinski definition) is 1. The van der Waals surface area contributed by atoms with Gasteiger partial charge in [0.2, 0.25) is 0 Å². The van der Waals surface area contributed by atoms with Crippen LogP contribution >= 0.6 is 0 Å². The average Bonchev–Trinajstić information content (AvgIpc) is 2.72. The maximum Gasteiger partial charge on any atom is 0.512 e. The second-order valence-corrected chi connectivity index (χ2v) is 16.0. The van der Waals surface area contributed by atoms with Gasteiger partial charge in [0.1, 0.15) is 0 Å². The van der Waals surface area contributed by atoms with Crippen molar-refractivity contribution in [1.82, 2.24) is 8.43 Å². The fraction of sp³-hybridized carbons (Fsp3) is 1.00. The van der Waals surface area contributed by atoms with Gasteiger partial charge in [-0.05, 0) is 12.8 Å². The van der Waals surface area contributed by atoms with Crippen molar-refractivity contribution in [3.8, 4) is 0 Å². The molecule has 0 bridgehead atoms. The first kappa shape index (κ1) is 31.8. The summed E-state index contributed by atoms with van der Waals surface area (Å²) in [7, 11) is -9.35. The van der Waals surface area contributed by atoms with Crippen LogP contribution in [0.2, 0.25) is 12.1 Å². The number of rotatable bonds is 17. The second kappa shape index (κ2) is 13.0. The van der Waals surface area contributed by atoms with Crippen LogP contribution in [0.3, 0.4) is 0 Å². The summed E-state index contributed by atoms with van der Waals surface area (Å²) in [5, 5.41) is 0. The van der Waals surface area contributed by atoms with E-state index in [9.17, 15) is 30.0 Å². The van der Waals surface area contributed by atoms with Crippen LogP contribution in [0.15, 0.2) is 0 Å². The minimum atomic E-state index is -6.15. The fourth-order valence-corrected chi connectivity index (χ4v) is 8.70. The molecule has 0 amide bonds. The van der Waals surface area contributed by atoms with Gasteiger partial charge in [0.15, 0.2) is 0 Å². The number of nitrogens with one attached hydrogen (secondary N) is 1. The van der Waals surface area contributed by atoms with Crippen molar-refractivity contribution in [3.05, 3.63) is 0 Å². The first-order valence-corrected chi connectivity index (χ1v) is 15.8. The Balaban J connectivity index is 5.59. The molecule has 0 aromatic rings. The number of alkyl halides is 3. The molecule has 194 valence electrons. The van der Waals surface area contributed by atoms with Crippen molar-refractivity contribution in [2.45, 2.75) is 30.4 Å². The van der Waals surface area contributed by atoms with E-state index in [1.54, 1.807) is 0 Å². The van der Waals surface area contributed by atoms with E-state index in [-0.39, 0.29) is 38.0 Å². The number of nitrogens with zero attached hydrogens (tertiary/aromatic N) is 1. The Morgan fingerprint density at radius 3 is 1.28 bits per heavy atom. The van der Waals surface area contributed by atoms with E-state index < -0.39 is 43.3 Å². The Labute approximate surface area is 189 Å². The molecular formula is C13H31F3N2O10S2Si2. The summed E-state index contributed by atoms with van der Waals surface area (Å²) >= 11 is 0. The highest BCUT2D eigenvalue weighted by Crippen LogP contribution is 2.24. The molecule has 0 aromatic heterocycles. The highest BCUT2D eigenvalue weighted by atomic mass is 32.3. The van der Waals surface area contributed by atoms with Crippen LogP contribution in [0.4, 0.5) is 13.2 Å². The van der Waals surface area contributed by atoms with E-state index in [0.29, 0.717) is 4.31 Å². The molecule has 0 fully saturated rings. The molecule has 0 aliphatic heterocycles. The minimum absolute atomic E-state index is 0.0517. The fourth-order valence-electron chi connectivity index (χ4n) is 2.65. The summed E-state index contributed by atoms with van der Waals surface area (Å²) in [6.45, 7) is -0.677. The van der Waals surface area contributed by atoms with Gasteiger partial charge in [-0.25, -0.2) is 8.42 Å². The first-order chi connectivity index (χ1) is 14.6. The van der Waals surface area contributed by atoms with Crippen LogP contribution in [0.1, 0.15) is 12.8 Å². The van der Waals surface area contributed by atoms with Crippen LogP contribution < -0.4 is 4.13 Å². The van der Waals surface area contributed by atoms with Crippen molar-refractivity contribution in [1.29, 1.82) is 0 Å². The molecule has 1 N–H and O–H groups in total. The second-order valence-electron chi connectivity index (χ2n) is 6.23. The molecule has 0 spiro atoms. The molecule has 12 nitrogen and oxygen atoms in total. The molecule has 0 radical (unpaired) electrons. The van der Waals surface area contributed by atoms with Gasteiger partial charge in [0.05, 0.1) is 0 Å². The third-order valence-electron chi connectivity index (χ3n) is 4.51. The lowest BCUT2D eigenvalue weighted by Gasteiger charge is -2.28. The summed E-state index contributed by atoms with van der Waals surface area (Å²) in [6, 6.07) is 0.253. The molecule has 0 heterocycles. The van der Waals surface area contributed by atoms with Crippen molar-refractivity contribution >= 4 is 37.8 Å². The summed E-state index contributed by atoms with van der Waals surface area (Å²) in [5.74, 6) is 0. The highest BCUT2D eigenvalue weighted by Gasteiger charge is 2.49. The molecule has 0 saturated heterocycles. The van der Waals surface area contributed by atoms with Crippen LogP contribution in [0.5, 0.6) is 0 Å². The van der Waals surface area contributed by atoms with Crippen LogP contribution in [0, 0.1) is 0 Å². The van der Waals surface area contributed by atoms with Crippen molar-refractivity contribution in [2.24, 2.45) is 0 Å². The summed E-state index contributed by atoms with van der Waals surface area (Å²) < 4.78 is 118. The first-order valence-electron chi connectivity index (χ1n) is 9.04. The Bertz CT molecular complexity index is 720. The van der Waals surface area contributed by atoms with Gasteiger partial charge in [-0.1, -0.05) is 4.13 Å². The van der Waals surface area contributed by atoms with E-state index in [4.69, 9.17) is 26.6 Å². The summed E-state index contributed by atoms with van der Waals surface area (Å²) in [5.41, 5.74) is -5.81. The quantitative estimate of drug-likeness (QED) is 0.254. The standard InChI is InChI=1S/C13H31F3N2O10S2Si2/c1-23-31(24-2,25-3)11-7-9-18(10-8-12-32(26-4,27-5)28-6)30(21,22)17-29(19,20)13(14,15)16/h17H,7-12H2,1-6H3. The average molecular weight is 553 g/mol. The monoisotopic (exact) mass is 552 g/mol. The largest absolute Gasteiger partial charge is 0.512 e. The maximum atomic E-state index is 12.7. The number of sulfonamides is 1. The molecule has 0 rings (SSSR count). The molecule has 19 heteroatoms. The lowest BCUT2D eigenvalue weighted by molar-refractivity contribution is -0.0441. The minimum Gasteiger partial charge on any atom is -0.377 e. The van der Waals surface area contributed by atoms with Gasteiger partial charge in [-0.3, -0.25) is 0 Å². The van der Waals surface area contributed by atoms with Crippen molar-refractivity contribution < 1.29 is 56.6 Å². The lowest BCUT2D eigenvalue weighted by Crippen LogP contribution is -2.49. The molecule has 0 unspecified atom stereocenters. The van der Waals surface area contributed by atoms with Gasteiger partial charge in [0, 0.05) is 67.8 Å². The molecule has 0 aromatic carbocycles. The molecule has 0 atom stereocenters.